The molecule has 0 bridgehead atoms. The Kier molecular flexibility index (Phi) is 5.54. The normalized spacial score (nSPS) is 13.2. The van der Waals surface area contributed by atoms with Gasteiger partial charge in [0.15, 0.2) is 4.90 Å². The van der Waals surface area contributed by atoms with E-state index in [1.807, 2.05) is 0 Å². The predicted octanol–water partition coefficient (Wildman–Crippen LogP) is 1.44. The summed E-state index contributed by atoms with van der Waals surface area (Å²) in [6, 6.07) is 2.44. The van der Waals surface area contributed by atoms with Crippen LogP contribution in [0.3, 0.4) is 0 Å². The van der Waals surface area contributed by atoms with Crippen LogP contribution >= 0.6 is 0 Å². The molecule has 0 aliphatic heterocycles. The number of nitro benzene ring substituents is 1. The van der Waals surface area contributed by atoms with E-state index in [0.29, 0.717) is 13.0 Å². The van der Waals surface area contributed by atoms with Crippen molar-refractivity contribution in [2.75, 3.05) is 13.7 Å². The van der Waals surface area contributed by atoms with E-state index in [4.69, 9.17) is 4.74 Å². The molecule has 0 aliphatic carbocycles. The molecule has 0 radical (unpaired) electrons. The maximum Gasteiger partial charge on any atom is 0.324 e. The molecule has 112 valence electrons. The van der Waals surface area contributed by atoms with Crippen molar-refractivity contribution in [2.24, 2.45) is 0 Å². The highest BCUT2D eigenvalue weighted by Crippen LogP contribution is 2.26. The number of ether oxygens (including phenoxy) is 1. The third-order valence-electron chi connectivity index (χ3n) is 2.53. The van der Waals surface area contributed by atoms with Crippen molar-refractivity contribution in [3.8, 4) is 0 Å². The summed E-state index contributed by atoms with van der Waals surface area (Å²) in [6.45, 7) is 1.91. The fraction of sp³-hybridized carbons (Fsp3) is 0.455. The summed E-state index contributed by atoms with van der Waals surface area (Å²) in [5.74, 6) is -1.19. The van der Waals surface area contributed by atoms with Crippen molar-refractivity contribution in [1.82, 2.24) is 4.72 Å². The second kappa shape index (κ2) is 6.73. The van der Waals surface area contributed by atoms with Crippen molar-refractivity contribution in [2.45, 2.75) is 24.3 Å². The number of sulfonamides is 1. The van der Waals surface area contributed by atoms with Crippen LogP contribution in [0.4, 0.5) is 10.1 Å². The summed E-state index contributed by atoms with van der Waals surface area (Å²) in [5, 5.41) is 10.8. The number of para-hydroxylation sites is 1. The van der Waals surface area contributed by atoms with Gasteiger partial charge in [-0.1, -0.05) is 6.07 Å². The molecule has 0 spiro atoms. The molecule has 0 fully saturated rings. The molecule has 0 aliphatic rings. The Labute approximate surface area is 115 Å². The van der Waals surface area contributed by atoms with Crippen molar-refractivity contribution >= 4 is 15.7 Å². The third-order valence-corrected chi connectivity index (χ3v) is 4.15. The molecular formula is C11H15FN2O5S. The lowest BCUT2D eigenvalue weighted by atomic mass is 10.3. The van der Waals surface area contributed by atoms with Crippen molar-refractivity contribution in [1.29, 1.82) is 0 Å². The maximum absolute atomic E-state index is 13.4. The van der Waals surface area contributed by atoms with E-state index in [0.717, 1.165) is 18.2 Å². The molecule has 1 rings (SSSR count). The van der Waals surface area contributed by atoms with E-state index < -0.39 is 37.4 Å². The average molecular weight is 306 g/mol. The van der Waals surface area contributed by atoms with E-state index in [-0.39, 0.29) is 0 Å². The van der Waals surface area contributed by atoms with Gasteiger partial charge in [0.25, 0.3) is 0 Å². The van der Waals surface area contributed by atoms with Gasteiger partial charge in [0.2, 0.25) is 15.8 Å². The van der Waals surface area contributed by atoms with Crippen LogP contribution in [-0.2, 0) is 14.8 Å². The molecule has 1 N–H and O–H groups in total. The molecule has 0 saturated heterocycles. The monoisotopic (exact) mass is 306 g/mol. The van der Waals surface area contributed by atoms with Gasteiger partial charge >= 0.3 is 5.69 Å². The lowest BCUT2D eigenvalue weighted by Crippen LogP contribution is -2.33. The van der Waals surface area contributed by atoms with E-state index in [9.17, 15) is 22.9 Å². The summed E-state index contributed by atoms with van der Waals surface area (Å²) >= 11 is 0. The first-order chi connectivity index (χ1) is 9.29. The van der Waals surface area contributed by atoms with E-state index in [1.165, 1.54) is 7.11 Å². The number of nitrogens with zero attached hydrogens (tertiary/aromatic N) is 1. The zero-order valence-corrected chi connectivity index (χ0v) is 11.8. The Morgan fingerprint density at radius 2 is 2.15 bits per heavy atom. The molecule has 0 amide bonds. The predicted molar refractivity (Wildman–Crippen MR) is 69.3 cm³/mol. The third kappa shape index (κ3) is 3.95. The minimum absolute atomic E-state index is 0.328. The first kappa shape index (κ1) is 16.5. The molecule has 0 saturated carbocycles. The van der Waals surface area contributed by atoms with Gasteiger partial charge in [-0.2, -0.15) is 4.39 Å². The number of hydrogen-bond donors (Lipinski definition) is 1. The number of nitrogens with one attached hydrogen (secondary N) is 1. The van der Waals surface area contributed by atoms with E-state index in [1.54, 1.807) is 6.92 Å². The largest absolute Gasteiger partial charge is 0.385 e. The number of rotatable bonds is 7. The van der Waals surface area contributed by atoms with Crippen molar-refractivity contribution in [3.05, 3.63) is 34.1 Å². The second-order valence-corrected chi connectivity index (χ2v) is 5.83. The van der Waals surface area contributed by atoms with Crippen LogP contribution in [0.5, 0.6) is 0 Å². The average Bonchev–Trinajstić information content (AvgIpc) is 2.35. The zero-order chi connectivity index (χ0) is 15.3. The molecule has 7 nitrogen and oxygen atoms in total. The Bertz CT molecular complexity index is 590. The number of benzene rings is 1. The molecule has 1 aromatic carbocycles. The minimum atomic E-state index is -4.18. The Morgan fingerprint density at radius 3 is 2.70 bits per heavy atom. The molecular weight excluding hydrogens is 291 g/mol. The van der Waals surface area contributed by atoms with E-state index >= 15 is 0 Å². The summed E-state index contributed by atoms with van der Waals surface area (Å²) in [6.07, 6.45) is 0.388. The fourth-order valence-corrected chi connectivity index (χ4v) is 3.03. The molecule has 1 aromatic rings. The van der Waals surface area contributed by atoms with Gasteiger partial charge in [0.05, 0.1) is 4.92 Å². The van der Waals surface area contributed by atoms with Gasteiger partial charge in [-0.25, -0.2) is 13.1 Å². The number of methoxy groups -OCH3 is 1. The lowest BCUT2D eigenvalue weighted by molar-refractivity contribution is -0.390. The lowest BCUT2D eigenvalue weighted by Gasteiger charge is -2.13. The van der Waals surface area contributed by atoms with Gasteiger partial charge in [-0.3, -0.25) is 10.1 Å². The number of halogens is 1. The zero-order valence-electron chi connectivity index (χ0n) is 11.0. The van der Waals surface area contributed by atoms with Gasteiger partial charge in [-0.15, -0.1) is 0 Å². The first-order valence-electron chi connectivity index (χ1n) is 5.73. The van der Waals surface area contributed by atoms with E-state index in [2.05, 4.69) is 4.72 Å². The summed E-state index contributed by atoms with van der Waals surface area (Å²) in [4.78, 5) is 9.06. The second-order valence-electron chi connectivity index (χ2n) is 4.15. The van der Waals surface area contributed by atoms with Crippen LogP contribution < -0.4 is 4.72 Å². The molecule has 20 heavy (non-hydrogen) atoms. The smallest absolute Gasteiger partial charge is 0.324 e. The summed E-state index contributed by atoms with van der Waals surface area (Å²) in [7, 11) is -2.70. The van der Waals surface area contributed by atoms with Crippen LogP contribution in [0, 0.1) is 15.9 Å². The standard InChI is InChI=1S/C11H15FN2O5S/c1-8(6-7-19-2)13-20(17,18)10-5-3-4-9(12)11(10)14(15)16/h3-5,8,13H,6-7H2,1-2H3. The quantitative estimate of drug-likeness (QED) is 0.607. The molecule has 1 unspecified atom stereocenters. The Hall–Kier alpha value is -1.58. The highest BCUT2D eigenvalue weighted by molar-refractivity contribution is 7.89. The topological polar surface area (TPSA) is 98.5 Å². The van der Waals surface area contributed by atoms with Gasteiger partial charge in [-0.05, 0) is 25.5 Å². The number of hydrogen-bond acceptors (Lipinski definition) is 5. The highest BCUT2D eigenvalue weighted by atomic mass is 32.2. The van der Waals surface area contributed by atoms with Crippen LogP contribution in [0.1, 0.15) is 13.3 Å². The molecule has 9 heteroatoms. The maximum atomic E-state index is 13.4. The minimum Gasteiger partial charge on any atom is -0.385 e. The van der Waals surface area contributed by atoms with Crippen LogP contribution in [0.15, 0.2) is 23.1 Å². The number of nitro groups is 1. The van der Waals surface area contributed by atoms with Crippen LogP contribution in [-0.4, -0.2) is 33.1 Å². The van der Waals surface area contributed by atoms with Crippen molar-refractivity contribution < 1.29 is 22.5 Å². The Morgan fingerprint density at radius 1 is 1.50 bits per heavy atom. The molecule has 0 heterocycles. The highest BCUT2D eigenvalue weighted by Gasteiger charge is 2.30. The first-order valence-corrected chi connectivity index (χ1v) is 7.22. The Balaban J connectivity index is 3.10. The summed E-state index contributed by atoms with van der Waals surface area (Å²) in [5.41, 5.74) is -1.06. The summed E-state index contributed by atoms with van der Waals surface area (Å²) < 4.78 is 44.6. The van der Waals surface area contributed by atoms with Gasteiger partial charge < -0.3 is 4.74 Å². The van der Waals surface area contributed by atoms with Crippen molar-refractivity contribution in [3.63, 3.8) is 0 Å². The fourth-order valence-electron chi connectivity index (χ4n) is 1.57. The van der Waals surface area contributed by atoms with Gasteiger partial charge in [0, 0.05) is 19.8 Å². The van der Waals surface area contributed by atoms with Gasteiger partial charge in [0.1, 0.15) is 0 Å². The van der Waals surface area contributed by atoms with Crippen LogP contribution in [0.2, 0.25) is 0 Å². The molecule has 0 aromatic heterocycles. The molecule has 1 atom stereocenters. The van der Waals surface area contributed by atoms with Crippen LogP contribution in [0.25, 0.3) is 0 Å². The SMILES string of the molecule is COCCC(C)NS(=O)(=O)c1cccc(F)c1[N+](=O)[O-].